The summed E-state index contributed by atoms with van der Waals surface area (Å²) in [5.41, 5.74) is 1.21. The summed E-state index contributed by atoms with van der Waals surface area (Å²) in [7, 11) is -3.84. The first-order chi connectivity index (χ1) is 15.7. The number of hydrogen-bond acceptors (Lipinski definition) is 5. The van der Waals surface area contributed by atoms with Gasteiger partial charge in [-0.1, -0.05) is 30.7 Å². The number of nitrogens with one attached hydrogen (secondary N) is 2. The molecule has 0 radical (unpaired) electrons. The smallest absolute Gasteiger partial charge is 0.278 e. The minimum absolute atomic E-state index is 0.139. The van der Waals surface area contributed by atoms with E-state index in [4.69, 9.17) is 11.6 Å². The third kappa shape index (κ3) is 4.81. The number of rotatable bonds is 7. The molecule has 0 spiro atoms. The maximum atomic E-state index is 15.1. The number of aromatic amines is 1. The van der Waals surface area contributed by atoms with Crippen LogP contribution in [0.4, 0.5) is 14.5 Å². The van der Waals surface area contributed by atoms with Crippen molar-refractivity contribution in [1.82, 2.24) is 15.2 Å². The van der Waals surface area contributed by atoms with Crippen molar-refractivity contribution in [2.24, 2.45) is 0 Å². The van der Waals surface area contributed by atoms with Gasteiger partial charge in [0.25, 0.3) is 5.03 Å². The Hall–Kier alpha value is -2.73. The van der Waals surface area contributed by atoms with Crippen LogP contribution in [-0.4, -0.2) is 33.9 Å². The van der Waals surface area contributed by atoms with Gasteiger partial charge in [-0.15, -0.1) is 5.10 Å². The zero-order valence-electron chi connectivity index (χ0n) is 17.1. The largest absolute Gasteiger partial charge is 0.605 e. The van der Waals surface area contributed by atoms with Gasteiger partial charge < -0.3 is 4.55 Å². The van der Waals surface area contributed by atoms with Gasteiger partial charge >= 0.3 is 0 Å². The van der Waals surface area contributed by atoms with Gasteiger partial charge in [0.1, 0.15) is 0 Å². The average Bonchev–Trinajstić information content (AvgIpc) is 3.19. The van der Waals surface area contributed by atoms with Crippen molar-refractivity contribution in [3.63, 3.8) is 0 Å². The van der Waals surface area contributed by atoms with Gasteiger partial charge in [-0.2, -0.15) is 4.39 Å². The summed E-state index contributed by atoms with van der Waals surface area (Å²) in [6.45, 7) is 1.65. The summed E-state index contributed by atoms with van der Waals surface area (Å²) in [6.07, 6.45) is 1.87. The lowest BCUT2D eigenvalue weighted by Crippen LogP contribution is -2.18. The fraction of sp³-hybridized carbons (Fsp3) is 0.143. The molecular weight excluding hydrogens is 494 g/mol. The summed E-state index contributed by atoms with van der Waals surface area (Å²) >= 11 is 3.51. The maximum Gasteiger partial charge on any atom is 0.278 e. The molecule has 2 aromatic heterocycles. The third-order valence-electron chi connectivity index (χ3n) is 4.71. The highest BCUT2D eigenvalue weighted by atomic mass is 35.5. The summed E-state index contributed by atoms with van der Waals surface area (Å²) in [4.78, 5) is 3.44. The van der Waals surface area contributed by atoms with Gasteiger partial charge in [0.2, 0.25) is 20.7 Å². The van der Waals surface area contributed by atoms with Crippen LogP contribution in [0.3, 0.4) is 0 Å². The lowest BCUT2D eigenvalue weighted by Gasteiger charge is -2.13. The minimum Gasteiger partial charge on any atom is -0.605 e. The van der Waals surface area contributed by atoms with E-state index < -0.39 is 43.4 Å². The second-order valence-corrected chi connectivity index (χ2v) is 10.7. The maximum absolute atomic E-state index is 15.1. The number of sulfonamides is 1. The molecule has 2 N–H and O–H groups in total. The molecule has 0 saturated heterocycles. The Morgan fingerprint density at radius 2 is 1.88 bits per heavy atom. The molecule has 0 aliphatic rings. The molecule has 2 heterocycles. The van der Waals surface area contributed by atoms with E-state index in [0.717, 1.165) is 17.7 Å². The van der Waals surface area contributed by atoms with Crippen LogP contribution >= 0.6 is 11.6 Å². The minimum atomic E-state index is -3.84. The molecule has 0 saturated carbocycles. The summed E-state index contributed by atoms with van der Waals surface area (Å²) < 4.78 is 69.0. The Balaban J connectivity index is 1.77. The van der Waals surface area contributed by atoms with E-state index >= 15 is 4.39 Å². The standard InChI is InChI=1S/C21H17ClF2N4O3S2/c1-2-9-33(30,31)28-17-8-7-16(23)19(18(17)24)32(29)21-15-10-13(11-25-20(15)26-27-21)12-3-5-14(22)6-4-12/h3-8,10-11,28H,2,9H2,1H3,(H,25,26,27). The van der Waals surface area contributed by atoms with E-state index in [1.54, 1.807) is 43.5 Å². The highest BCUT2D eigenvalue weighted by molar-refractivity contribution is 7.92. The predicted octanol–water partition coefficient (Wildman–Crippen LogP) is 4.87. The Morgan fingerprint density at radius 1 is 1.15 bits per heavy atom. The molecule has 12 heteroatoms. The lowest BCUT2D eigenvalue weighted by molar-refractivity contribution is 0.519. The second kappa shape index (κ2) is 9.26. The van der Waals surface area contributed by atoms with Crippen molar-refractivity contribution >= 4 is 49.5 Å². The highest BCUT2D eigenvalue weighted by Gasteiger charge is 2.32. The zero-order valence-corrected chi connectivity index (χ0v) is 19.5. The Kier molecular flexibility index (Phi) is 6.57. The van der Waals surface area contributed by atoms with Crippen LogP contribution < -0.4 is 4.72 Å². The fourth-order valence-corrected chi connectivity index (χ4v) is 5.64. The van der Waals surface area contributed by atoms with E-state index in [1.807, 2.05) is 0 Å². The van der Waals surface area contributed by atoms with Gasteiger partial charge in [0, 0.05) is 16.8 Å². The molecule has 1 unspecified atom stereocenters. The molecule has 4 aromatic rings. The highest BCUT2D eigenvalue weighted by Crippen LogP contribution is 2.34. The van der Waals surface area contributed by atoms with E-state index in [9.17, 15) is 17.4 Å². The van der Waals surface area contributed by atoms with Crippen molar-refractivity contribution in [1.29, 1.82) is 0 Å². The van der Waals surface area contributed by atoms with Crippen LogP contribution in [0.25, 0.3) is 22.2 Å². The van der Waals surface area contributed by atoms with Gasteiger partial charge in [-0.25, -0.2) is 17.8 Å². The number of pyridine rings is 1. The molecule has 4 rings (SSSR count). The Morgan fingerprint density at radius 3 is 2.58 bits per heavy atom. The number of hydrogen-bond donors (Lipinski definition) is 2. The van der Waals surface area contributed by atoms with Crippen molar-refractivity contribution < 1.29 is 21.8 Å². The average molecular weight is 511 g/mol. The van der Waals surface area contributed by atoms with Crippen LogP contribution in [-0.2, 0) is 21.2 Å². The molecule has 0 aliphatic carbocycles. The van der Waals surface area contributed by atoms with Gasteiger partial charge in [0.05, 0.1) is 28.0 Å². The normalized spacial score (nSPS) is 12.8. The first-order valence-corrected chi connectivity index (χ1v) is 12.9. The monoisotopic (exact) mass is 510 g/mol. The molecule has 33 heavy (non-hydrogen) atoms. The SMILES string of the molecule is CCCS(=O)(=O)Nc1ccc(F)c([S+]([O-])c2n[nH]c3ncc(-c4ccc(Cl)cc4)cc23)c1F. The fourth-order valence-electron chi connectivity index (χ4n) is 3.19. The van der Waals surface area contributed by atoms with E-state index in [1.165, 1.54) is 0 Å². The molecule has 2 aromatic carbocycles. The van der Waals surface area contributed by atoms with Crippen LogP contribution in [0, 0.1) is 11.6 Å². The lowest BCUT2D eigenvalue weighted by atomic mass is 10.1. The first kappa shape index (κ1) is 23.4. The second-order valence-electron chi connectivity index (χ2n) is 7.08. The quantitative estimate of drug-likeness (QED) is 0.344. The number of nitrogens with zero attached hydrogens (tertiary/aromatic N) is 2. The molecular formula is C21H17ClF2N4O3S2. The molecule has 0 bridgehead atoms. The summed E-state index contributed by atoms with van der Waals surface area (Å²) in [6, 6.07) is 10.4. The van der Waals surface area contributed by atoms with Crippen LogP contribution in [0.5, 0.6) is 0 Å². The van der Waals surface area contributed by atoms with Gasteiger partial charge in [-0.3, -0.25) is 9.82 Å². The van der Waals surface area contributed by atoms with E-state index in [2.05, 4.69) is 19.9 Å². The van der Waals surface area contributed by atoms with E-state index in [-0.39, 0.29) is 16.4 Å². The van der Waals surface area contributed by atoms with Gasteiger partial charge in [-0.05, 0) is 42.3 Å². The molecule has 0 aliphatic heterocycles. The Bertz CT molecular complexity index is 1430. The van der Waals surface area contributed by atoms with Crippen molar-refractivity contribution in [3.05, 3.63) is 65.3 Å². The van der Waals surface area contributed by atoms with Crippen LogP contribution in [0.2, 0.25) is 5.02 Å². The molecule has 1 atom stereocenters. The zero-order chi connectivity index (χ0) is 23.8. The summed E-state index contributed by atoms with van der Waals surface area (Å²) in [5.74, 6) is -2.61. The first-order valence-electron chi connectivity index (χ1n) is 9.70. The Labute approximate surface area is 196 Å². The predicted molar refractivity (Wildman–Crippen MR) is 123 cm³/mol. The van der Waals surface area contributed by atoms with Gasteiger partial charge in [0.15, 0.2) is 11.5 Å². The number of fused-ring (bicyclic) bond motifs is 1. The van der Waals surface area contributed by atoms with E-state index in [0.29, 0.717) is 22.4 Å². The number of anilines is 1. The molecule has 7 nitrogen and oxygen atoms in total. The molecule has 0 amide bonds. The van der Waals surface area contributed by atoms with Crippen molar-refractivity contribution in [3.8, 4) is 11.1 Å². The van der Waals surface area contributed by atoms with Crippen LogP contribution in [0.15, 0.2) is 58.6 Å². The number of benzene rings is 2. The van der Waals surface area contributed by atoms with Crippen molar-refractivity contribution in [2.45, 2.75) is 23.3 Å². The van der Waals surface area contributed by atoms with Crippen LogP contribution in [0.1, 0.15) is 13.3 Å². The summed E-state index contributed by atoms with van der Waals surface area (Å²) in [5, 5.41) is 7.28. The number of H-pyrrole nitrogens is 1. The number of aromatic nitrogens is 3. The molecule has 172 valence electrons. The number of halogens is 3. The third-order valence-corrected chi connectivity index (χ3v) is 7.84. The van der Waals surface area contributed by atoms with Crippen molar-refractivity contribution in [2.75, 3.05) is 10.5 Å². The topological polar surface area (TPSA) is 111 Å². The molecule has 0 fully saturated rings.